The van der Waals surface area contributed by atoms with E-state index in [1.807, 2.05) is 0 Å². The highest BCUT2D eigenvalue weighted by Gasteiger charge is 2.38. The third-order valence-corrected chi connectivity index (χ3v) is 7.20. The molecule has 2 unspecified atom stereocenters. The summed E-state index contributed by atoms with van der Waals surface area (Å²) in [4.78, 5) is 9.85. The summed E-state index contributed by atoms with van der Waals surface area (Å²) >= 11 is 0. The summed E-state index contributed by atoms with van der Waals surface area (Å²) in [5, 5.41) is 18.8. The van der Waals surface area contributed by atoms with E-state index in [9.17, 15) is 14.6 Å². The number of rotatable bonds is 23. The zero-order valence-electron chi connectivity index (χ0n) is 19.6. The van der Waals surface area contributed by atoms with Crippen LogP contribution in [-0.2, 0) is 13.8 Å². The topological polar surface area (TPSA) is 96.2 Å². The maximum absolute atomic E-state index is 12.1. The van der Waals surface area contributed by atoms with E-state index >= 15 is 0 Å². The maximum Gasteiger partial charge on any atom is 0.359 e. The highest BCUT2D eigenvalue weighted by molar-refractivity contribution is 7.53. The molecule has 0 aromatic rings. The molecule has 0 saturated carbocycles. The van der Waals surface area contributed by atoms with Gasteiger partial charge >= 0.3 is 7.60 Å². The van der Waals surface area contributed by atoms with E-state index < -0.39 is 26.2 Å². The van der Waals surface area contributed by atoms with Gasteiger partial charge in [-0.3, -0.25) is 4.57 Å². The Bertz CT molecular complexity index is 407. The van der Waals surface area contributed by atoms with E-state index in [4.69, 9.17) is 14.4 Å². The summed E-state index contributed by atoms with van der Waals surface area (Å²) in [5.74, 6) is -1.39. The lowest BCUT2D eigenvalue weighted by Gasteiger charge is -2.25. The molecule has 0 saturated heterocycles. The fraction of sp³-hybridized carbons (Fsp3) is 1.00. The molecular formula is C23H49O6P. The van der Waals surface area contributed by atoms with E-state index in [1.165, 1.54) is 83.5 Å². The Morgan fingerprint density at radius 3 is 1.50 bits per heavy atom. The number of hydrogen-bond donors (Lipinski definition) is 3. The van der Waals surface area contributed by atoms with Crippen molar-refractivity contribution in [2.24, 2.45) is 0 Å². The molecule has 0 aliphatic carbocycles. The van der Waals surface area contributed by atoms with Gasteiger partial charge in [-0.05, 0) is 13.3 Å². The molecule has 0 aromatic carbocycles. The summed E-state index contributed by atoms with van der Waals surface area (Å²) in [7, 11) is -4.10. The van der Waals surface area contributed by atoms with Gasteiger partial charge in [-0.1, -0.05) is 103 Å². The fourth-order valence-electron chi connectivity index (χ4n) is 3.63. The van der Waals surface area contributed by atoms with Gasteiger partial charge in [0.1, 0.15) is 6.10 Å². The number of aliphatic hydroxyl groups is 2. The molecular weight excluding hydrogens is 403 g/mol. The summed E-state index contributed by atoms with van der Waals surface area (Å²) in [6, 6.07) is 0. The Morgan fingerprint density at radius 1 is 0.733 bits per heavy atom. The van der Waals surface area contributed by atoms with Crippen molar-refractivity contribution in [2.45, 2.75) is 129 Å². The normalized spacial score (nSPS) is 15.8. The van der Waals surface area contributed by atoms with Crippen molar-refractivity contribution in [3.63, 3.8) is 0 Å². The summed E-state index contributed by atoms with van der Waals surface area (Å²) in [6.45, 7) is 3.54. The third-order valence-electron chi connectivity index (χ3n) is 5.44. The monoisotopic (exact) mass is 452 g/mol. The lowest BCUT2D eigenvalue weighted by Crippen LogP contribution is -2.33. The zero-order valence-corrected chi connectivity index (χ0v) is 20.5. The first-order valence-electron chi connectivity index (χ1n) is 12.4. The predicted molar refractivity (Wildman–Crippen MR) is 124 cm³/mol. The van der Waals surface area contributed by atoms with Crippen molar-refractivity contribution in [3.8, 4) is 0 Å². The molecule has 0 bridgehead atoms. The molecule has 0 amide bonds. The lowest BCUT2D eigenvalue weighted by molar-refractivity contribution is -0.0315. The first kappa shape index (κ1) is 30.0. The van der Waals surface area contributed by atoms with Crippen LogP contribution in [0.25, 0.3) is 0 Å². The van der Waals surface area contributed by atoms with Crippen LogP contribution in [-0.4, -0.2) is 46.9 Å². The van der Waals surface area contributed by atoms with Crippen molar-refractivity contribution in [2.75, 3.05) is 19.8 Å². The largest absolute Gasteiger partial charge is 0.394 e. The molecule has 3 atom stereocenters. The van der Waals surface area contributed by atoms with Gasteiger partial charge in [-0.15, -0.1) is 0 Å². The smallest absolute Gasteiger partial charge is 0.359 e. The predicted octanol–water partition coefficient (Wildman–Crippen LogP) is 6.17. The van der Waals surface area contributed by atoms with Gasteiger partial charge in [-0.2, -0.15) is 0 Å². The van der Waals surface area contributed by atoms with E-state index in [1.54, 1.807) is 6.92 Å². The van der Waals surface area contributed by atoms with Crippen LogP contribution in [0.4, 0.5) is 0 Å². The molecule has 0 aromatic heterocycles. The fourth-order valence-corrected chi connectivity index (χ4v) is 4.97. The van der Waals surface area contributed by atoms with Crippen LogP contribution in [0, 0.1) is 0 Å². The average Bonchev–Trinajstić information content (AvgIpc) is 2.72. The molecule has 7 heteroatoms. The minimum atomic E-state index is -4.10. The number of aliphatic hydroxyl groups excluding tert-OH is 2. The Labute approximate surface area is 185 Å². The Balaban J connectivity index is 3.53. The molecule has 0 aliphatic rings. The Morgan fingerprint density at radius 2 is 1.13 bits per heavy atom. The van der Waals surface area contributed by atoms with E-state index in [0.29, 0.717) is 0 Å². The average molecular weight is 453 g/mol. The molecule has 0 aliphatic heterocycles. The molecule has 182 valence electrons. The molecule has 0 radical (unpaired) electrons. The van der Waals surface area contributed by atoms with Gasteiger partial charge in [0.05, 0.1) is 13.2 Å². The Kier molecular flexibility index (Phi) is 20.9. The molecule has 30 heavy (non-hydrogen) atoms. The first-order chi connectivity index (χ1) is 14.5. The molecule has 0 rings (SSSR count). The molecule has 0 fully saturated rings. The van der Waals surface area contributed by atoms with Crippen LogP contribution in [0.2, 0.25) is 0 Å². The van der Waals surface area contributed by atoms with Crippen molar-refractivity contribution in [3.05, 3.63) is 0 Å². The molecule has 0 heterocycles. The third kappa shape index (κ3) is 16.7. The van der Waals surface area contributed by atoms with Crippen LogP contribution >= 0.6 is 7.60 Å². The van der Waals surface area contributed by atoms with Crippen LogP contribution in [0.1, 0.15) is 117 Å². The van der Waals surface area contributed by atoms with Gasteiger partial charge < -0.3 is 24.4 Å². The van der Waals surface area contributed by atoms with Crippen molar-refractivity contribution >= 4 is 7.60 Å². The highest BCUT2D eigenvalue weighted by Crippen LogP contribution is 2.49. The molecule has 0 spiro atoms. The van der Waals surface area contributed by atoms with Crippen molar-refractivity contribution in [1.82, 2.24) is 0 Å². The van der Waals surface area contributed by atoms with Gasteiger partial charge in [0.15, 0.2) is 5.85 Å². The van der Waals surface area contributed by atoms with Crippen LogP contribution in [0.3, 0.4) is 0 Å². The molecule has 3 N–H and O–H groups in total. The minimum absolute atomic E-state index is 0.0465. The summed E-state index contributed by atoms with van der Waals surface area (Å²) in [5.41, 5.74) is 0. The second kappa shape index (κ2) is 20.9. The number of hydrogen-bond acceptors (Lipinski definition) is 5. The number of ether oxygens (including phenoxy) is 1. The van der Waals surface area contributed by atoms with Crippen LogP contribution in [0.15, 0.2) is 0 Å². The quantitative estimate of drug-likeness (QED) is 0.127. The van der Waals surface area contributed by atoms with Crippen LogP contribution < -0.4 is 0 Å². The SMILES string of the molecule is CCCCCCCCCCCCCCCCCCOC([C@@H](O)CO)P(=O)(O)OCC. The Hall–Kier alpha value is 0.0300. The highest BCUT2D eigenvalue weighted by atomic mass is 31.2. The van der Waals surface area contributed by atoms with Crippen molar-refractivity contribution in [1.29, 1.82) is 0 Å². The first-order valence-corrected chi connectivity index (χ1v) is 14.0. The summed E-state index contributed by atoms with van der Waals surface area (Å²) < 4.78 is 22.3. The molecule has 6 nitrogen and oxygen atoms in total. The number of unbranched alkanes of at least 4 members (excludes halogenated alkanes) is 15. The summed E-state index contributed by atoms with van der Waals surface area (Å²) in [6.07, 6.45) is 19.0. The van der Waals surface area contributed by atoms with Gasteiger partial charge in [0.25, 0.3) is 0 Å². The lowest BCUT2D eigenvalue weighted by atomic mass is 10.0. The zero-order chi connectivity index (χ0) is 22.5. The second-order valence-corrected chi connectivity index (χ2v) is 10.2. The second-order valence-electron chi connectivity index (χ2n) is 8.30. The van der Waals surface area contributed by atoms with Gasteiger partial charge in [-0.25, -0.2) is 0 Å². The van der Waals surface area contributed by atoms with Crippen molar-refractivity contribution < 1.29 is 28.9 Å². The minimum Gasteiger partial charge on any atom is -0.394 e. The van der Waals surface area contributed by atoms with E-state index in [-0.39, 0.29) is 13.2 Å². The van der Waals surface area contributed by atoms with Crippen LogP contribution in [0.5, 0.6) is 0 Å². The maximum atomic E-state index is 12.1. The standard InChI is InChI=1S/C23H49O6P/c1-3-5-6-7-8-9-10-11-12-13-14-15-16-17-18-19-20-28-23(22(25)21-24)30(26,27)29-4-2/h22-25H,3-21H2,1-2H3,(H,26,27)/t22-,23?/m0/s1. The van der Waals surface area contributed by atoms with E-state index in [0.717, 1.165) is 19.3 Å². The van der Waals surface area contributed by atoms with E-state index in [2.05, 4.69) is 6.92 Å². The van der Waals surface area contributed by atoms with Gasteiger partial charge in [0.2, 0.25) is 0 Å². The van der Waals surface area contributed by atoms with Gasteiger partial charge in [0, 0.05) is 6.61 Å².